The molecule has 1 aromatic heterocycles. The van der Waals surface area contributed by atoms with Crippen LogP contribution in [0.3, 0.4) is 0 Å². The molecule has 19 heavy (non-hydrogen) atoms. The second-order valence-corrected chi connectivity index (χ2v) is 5.43. The maximum absolute atomic E-state index is 11.8. The van der Waals surface area contributed by atoms with Gasteiger partial charge in [-0.05, 0) is 23.7 Å². The van der Waals surface area contributed by atoms with Crippen LogP contribution in [0.5, 0.6) is 5.75 Å². The van der Waals surface area contributed by atoms with E-state index in [1.807, 2.05) is 0 Å². The van der Waals surface area contributed by atoms with Gasteiger partial charge in [0.2, 0.25) is 9.47 Å². The number of hydrogen-bond donors (Lipinski definition) is 1. The van der Waals surface area contributed by atoms with Crippen molar-refractivity contribution < 1.29 is 9.53 Å². The van der Waals surface area contributed by atoms with Crippen molar-refractivity contribution in [3.05, 3.63) is 38.3 Å². The third kappa shape index (κ3) is 3.34. The van der Waals surface area contributed by atoms with Gasteiger partial charge in [0, 0.05) is 17.1 Å². The van der Waals surface area contributed by atoms with Gasteiger partial charge in [0.05, 0.1) is 7.11 Å². The van der Waals surface area contributed by atoms with E-state index in [9.17, 15) is 4.79 Å². The fourth-order valence-electron chi connectivity index (χ4n) is 1.44. The van der Waals surface area contributed by atoms with Crippen LogP contribution in [0.2, 0.25) is 9.49 Å². The largest absolute Gasteiger partial charge is 0.496 e. The number of hydrogen-bond acceptors (Lipinski definition) is 5. The minimum Gasteiger partial charge on any atom is -0.496 e. The highest BCUT2D eigenvalue weighted by molar-refractivity contribution is 7.17. The van der Waals surface area contributed by atoms with E-state index in [1.54, 1.807) is 25.3 Å². The van der Waals surface area contributed by atoms with E-state index in [1.165, 1.54) is 0 Å². The molecule has 0 spiro atoms. The van der Waals surface area contributed by atoms with Gasteiger partial charge in [0.15, 0.2) is 0 Å². The first-order chi connectivity index (χ1) is 9.11. The summed E-state index contributed by atoms with van der Waals surface area (Å²) in [5, 5.41) is 10.6. The number of rotatable bonds is 4. The lowest BCUT2D eigenvalue weighted by atomic mass is 10.2. The molecule has 0 aliphatic carbocycles. The summed E-state index contributed by atoms with van der Waals surface area (Å²) in [5.41, 5.74) is 0.704. The van der Waals surface area contributed by atoms with E-state index in [-0.39, 0.29) is 21.9 Å². The molecule has 5 nitrogen and oxygen atoms in total. The molecular formula is C11H9Cl2N3O2S. The SMILES string of the molecule is COc1cccc(Cl)c1CNC(=O)c1nnc(Cl)s1. The summed E-state index contributed by atoms with van der Waals surface area (Å²) in [7, 11) is 1.54. The van der Waals surface area contributed by atoms with Crippen LogP contribution in [0, 0.1) is 0 Å². The van der Waals surface area contributed by atoms with Crippen LogP contribution in [0.15, 0.2) is 18.2 Å². The van der Waals surface area contributed by atoms with E-state index in [0.717, 1.165) is 11.3 Å². The molecule has 0 atom stereocenters. The summed E-state index contributed by atoms with van der Waals surface area (Å²) in [4.78, 5) is 11.8. The van der Waals surface area contributed by atoms with Gasteiger partial charge in [-0.1, -0.05) is 29.0 Å². The molecule has 2 aromatic rings. The van der Waals surface area contributed by atoms with Crippen LogP contribution in [-0.2, 0) is 6.54 Å². The molecule has 0 fully saturated rings. The predicted molar refractivity (Wildman–Crippen MR) is 74.1 cm³/mol. The van der Waals surface area contributed by atoms with Crippen LogP contribution < -0.4 is 10.1 Å². The van der Waals surface area contributed by atoms with Crippen LogP contribution in [0.25, 0.3) is 0 Å². The number of methoxy groups -OCH3 is 1. The maximum atomic E-state index is 11.8. The fraction of sp³-hybridized carbons (Fsp3) is 0.182. The Morgan fingerprint density at radius 3 is 2.84 bits per heavy atom. The van der Waals surface area contributed by atoms with Gasteiger partial charge in [-0.15, -0.1) is 10.2 Å². The smallest absolute Gasteiger partial charge is 0.282 e. The van der Waals surface area contributed by atoms with E-state index in [2.05, 4.69) is 15.5 Å². The third-order valence-electron chi connectivity index (χ3n) is 2.32. The summed E-state index contributed by atoms with van der Waals surface area (Å²) in [5.74, 6) is 0.259. The average molecular weight is 318 g/mol. The standard InChI is InChI=1S/C11H9Cl2N3O2S/c1-18-8-4-2-3-7(12)6(8)5-14-9(17)10-15-16-11(13)19-10/h2-4H,5H2,1H3,(H,14,17). The molecule has 0 bridgehead atoms. The zero-order chi connectivity index (χ0) is 13.8. The van der Waals surface area contributed by atoms with E-state index >= 15 is 0 Å². The Balaban J connectivity index is 2.09. The number of benzene rings is 1. The Bertz CT molecular complexity index is 603. The molecular weight excluding hydrogens is 309 g/mol. The number of aromatic nitrogens is 2. The monoisotopic (exact) mass is 317 g/mol. The van der Waals surface area contributed by atoms with Crippen molar-refractivity contribution in [1.29, 1.82) is 0 Å². The van der Waals surface area contributed by atoms with Crippen LogP contribution >= 0.6 is 34.5 Å². The quantitative estimate of drug-likeness (QED) is 0.941. The lowest BCUT2D eigenvalue weighted by molar-refractivity contribution is 0.0949. The molecule has 1 aromatic carbocycles. The van der Waals surface area contributed by atoms with Gasteiger partial charge < -0.3 is 10.1 Å². The number of carbonyl (C=O) groups excluding carboxylic acids is 1. The molecule has 0 saturated carbocycles. The molecule has 0 unspecified atom stereocenters. The Morgan fingerprint density at radius 2 is 2.21 bits per heavy atom. The zero-order valence-corrected chi connectivity index (χ0v) is 12.1. The number of nitrogens with one attached hydrogen (secondary N) is 1. The Labute approximate surface area is 123 Å². The first-order valence-electron chi connectivity index (χ1n) is 5.20. The van der Waals surface area contributed by atoms with E-state index in [4.69, 9.17) is 27.9 Å². The van der Waals surface area contributed by atoms with E-state index < -0.39 is 0 Å². The number of carbonyl (C=O) groups is 1. The first kappa shape index (κ1) is 14.0. The van der Waals surface area contributed by atoms with Crippen molar-refractivity contribution >= 4 is 40.4 Å². The Hall–Kier alpha value is -1.37. The number of ether oxygens (including phenoxy) is 1. The molecule has 0 aliphatic heterocycles. The first-order valence-corrected chi connectivity index (χ1v) is 6.77. The molecule has 2 rings (SSSR count). The summed E-state index contributed by atoms with van der Waals surface area (Å²) >= 11 is 12.7. The van der Waals surface area contributed by atoms with Gasteiger partial charge in [0.25, 0.3) is 5.91 Å². The maximum Gasteiger partial charge on any atom is 0.282 e. The van der Waals surface area contributed by atoms with Gasteiger partial charge in [-0.25, -0.2) is 0 Å². The molecule has 100 valence electrons. The Morgan fingerprint density at radius 1 is 1.42 bits per heavy atom. The molecule has 0 saturated heterocycles. The summed E-state index contributed by atoms with van der Waals surface area (Å²) in [6, 6.07) is 5.28. The molecule has 0 aliphatic rings. The highest BCUT2D eigenvalue weighted by Crippen LogP contribution is 2.26. The topological polar surface area (TPSA) is 64.1 Å². The number of amides is 1. The van der Waals surface area contributed by atoms with Crippen molar-refractivity contribution in [2.75, 3.05) is 7.11 Å². The summed E-state index contributed by atoms with van der Waals surface area (Å²) in [6.45, 7) is 0.235. The third-order valence-corrected chi connectivity index (χ3v) is 3.69. The van der Waals surface area contributed by atoms with Crippen LogP contribution in [-0.4, -0.2) is 23.2 Å². The molecule has 1 heterocycles. The molecule has 8 heteroatoms. The van der Waals surface area contributed by atoms with Gasteiger partial charge in [-0.3, -0.25) is 4.79 Å². The highest BCUT2D eigenvalue weighted by atomic mass is 35.5. The second kappa shape index (κ2) is 6.18. The van der Waals surface area contributed by atoms with E-state index in [0.29, 0.717) is 16.3 Å². The molecule has 0 radical (unpaired) electrons. The predicted octanol–water partition coefficient (Wildman–Crippen LogP) is 2.78. The average Bonchev–Trinajstić information content (AvgIpc) is 2.83. The lowest BCUT2D eigenvalue weighted by Crippen LogP contribution is -2.23. The molecule has 1 N–H and O–H groups in total. The summed E-state index contributed by atoms with van der Waals surface area (Å²) < 4.78 is 5.41. The Kier molecular flexibility index (Phi) is 4.57. The zero-order valence-electron chi connectivity index (χ0n) is 9.81. The minimum atomic E-state index is -0.355. The van der Waals surface area contributed by atoms with Crippen molar-refractivity contribution in [2.24, 2.45) is 0 Å². The van der Waals surface area contributed by atoms with Gasteiger partial charge >= 0.3 is 0 Å². The van der Waals surface area contributed by atoms with Gasteiger partial charge in [0.1, 0.15) is 5.75 Å². The van der Waals surface area contributed by atoms with Crippen LogP contribution in [0.4, 0.5) is 0 Å². The van der Waals surface area contributed by atoms with Crippen molar-refractivity contribution in [1.82, 2.24) is 15.5 Å². The van der Waals surface area contributed by atoms with Crippen molar-refractivity contribution in [3.63, 3.8) is 0 Å². The van der Waals surface area contributed by atoms with Crippen LogP contribution in [0.1, 0.15) is 15.4 Å². The lowest BCUT2D eigenvalue weighted by Gasteiger charge is -2.10. The molecule has 1 amide bonds. The second-order valence-electron chi connectivity index (χ2n) is 3.46. The van der Waals surface area contributed by atoms with Crippen molar-refractivity contribution in [2.45, 2.75) is 6.54 Å². The number of halogens is 2. The normalized spacial score (nSPS) is 10.3. The minimum absolute atomic E-state index is 0.205. The summed E-state index contributed by atoms with van der Waals surface area (Å²) in [6.07, 6.45) is 0. The highest BCUT2D eigenvalue weighted by Gasteiger charge is 2.14. The fourth-order valence-corrected chi connectivity index (χ4v) is 2.42. The van der Waals surface area contributed by atoms with Crippen molar-refractivity contribution in [3.8, 4) is 5.75 Å². The number of nitrogens with zero attached hydrogens (tertiary/aromatic N) is 2. The van der Waals surface area contributed by atoms with Gasteiger partial charge in [-0.2, -0.15) is 0 Å².